The number of ether oxygens (including phenoxy) is 1. The fourth-order valence-electron chi connectivity index (χ4n) is 10.7. The number of benzene rings is 3. The Balaban J connectivity index is 0.000000255. The van der Waals surface area contributed by atoms with Gasteiger partial charge in [-0.2, -0.15) is 8.78 Å². The molecule has 1 unspecified atom stereocenters. The molecule has 0 aliphatic heterocycles. The first-order valence-electron chi connectivity index (χ1n) is 20.5. The smallest absolute Gasteiger partial charge is 0.364 e. The van der Waals surface area contributed by atoms with Gasteiger partial charge in [-0.15, -0.1) is 0 Å². The lowest BCUT2D eigenvalue weighted by Crippen LogP contribution is -2.60. The number of hydrogen-bond donors (Lipinski definition) is 0. The quantitative estimate of drug-likeness (QED) is 0.100. The summed E-state index contributed by atoms with van der Waals surface area (Å²) in [4.78, 5) is 55.7. The highest BCUT2D eigenvalue weighted by Crippen LogP contribution is 2.66. The number of hydrogen-bond acceptors (Lipinski definition) is 8. The zero-order valence-corrected chi connectivity index (χ0v) is 35.3. The van der Waals surface area contributed by atoms with Crippen LogP contribution in [0.2, 0.25) is 0 Å². The third kappa shape index (κ3) is 9.12. The van der Waals surface area contributed by atoms with Crippen LogP contribution in [0.15, 0.2) is 106 Å². The Bertz CT molecular complexity index is 1990. The van der Waals surface area contributed by atoms with Crippen molar-refractivity contribution in [2.75, 3.05) is 6.61 Å². The van der Waals surface area contributed by atoms with Crippen LogP contribution < -0.4 is 0 Å². The predicted octanol–water partition coefficient (Wildman–Crippen LogP) is 9.18. The topological polar surface area (TPSA) is 135 Å². The minimum absolute atomic E-state index is 0.00889. The van der Waals surface area contributed by atoms with E-state index in [-0.39, 0.29) is 75.6 Å². The number of carbonyl (C=O) groups is 4. The van der Waals surface area contributed by atoms with E-state index in [9.17, 15) is 45.3 Å². The molecule has 4 aliphatic rings. The van der Waals surface area contributed by atoms with Gasteiger partial charge in [-0.25, -0.2) is 12.8 Å². The van der Waals surface area contributed by atoms with Gasteiger partial charge in [0.05, 0.1) is 17.5 Å². The minimum Gasteiger partial charge on any atom is -0.743 e. The summed E-state index contributed by atoms with van der Waals surface area (Å²) >= 11 is 0. The van der Waals surface area contributed by atoms with Crippen molar-refractivity contribution < 1.29 is 50.1 Å². The van der Waals surface area contributed by atoms with Crippen molar-refractivity contribution in [2.24, 2.45) is 46.3 Å². The SMILES string of the molecule is C[C@H](CCC(=O)OCCC(F)C(F)(F)S(=O)(=O)[O-])[C@H]1CC[C@H]2[C@@H]3C(=O)C[C@@H]4CC(=O)CC[C@]4(C)[C@H]3CC(=O)[C@]12C.c1ccc([S+](c2ccccc2)c2ccccc2)cc1. The number of esters is 1. The highest BCUT2D eigenvalue weighted by atomic mass is 32.2. The van der Waals surface area contributed by atoms with Crippen molar-refractivity contribution in [1.82, 2.24) is 0 Å². The molecule has 4 fully saturated rings. The molecule has 4 aliphatic carbocycles. The Morgan fingerprint density at radius 1 is 0.847 bits per heavy atom. The van der Waals surface area contributed by atoms with Crippen LogP contribution in [0.25, 0.3) is 0 Å². The third-order valence-corrected chi connectivity index (χ3v) is 17.1. The van der Waals surface area contributed by atoms with Gasteiger partial charge < -0.3 is 9.29 Å². The van der Waals surface area contributed by atoms with Gasteiger partial charge in [0, 0.05) is 49.9 Å². The molecule has 0 radical (unpaired) electrons. The molecular weight excluding hydrogens is 802 g/mol. The van der Waals surface area contributed by atoms with Crippen molar-refractivity contribution in [3.8, 4) is 0 Å². The summed E-state index contributed by atoms with van der Waals surface area (Å²) in [5.41, 5.74) is -0.928. The lowest BCUT2D eigenvalue weighted by Gasteiger charge is -2.58. The van der Waals surface area contributed by atoms with E-state index < -0.39 is 46.0 Å². The maximum atomic E-state index is 13.8. The van der Waals surface area contributed by atoms with Crippen LogP contribution >= 0.6 is 0 Å². The van der Waals surface area contributed by atoms with E-state index in [4.69, 9.17) is 4.74 Å². The Morgan fingerprint density at radius 2 is 1.39 bits per heavy atom. The number of halogens is 3. The molecule has 318 valence electrons. The van der Waals surface area contributed by atoms with E-state index in [1.165, 1.54) is 14.7 Å². The summed E-state index contributed by atoms with van der Waals surface area (Å²) in [5, 5.41) is -5.11. The van der Waals surface area contributed by atoms with E-state index in [1.54, 1.807) is 0 Å². The largest absolute Gasteiger partial charge is 0.743 e. The fraction of sp³-hybridized carbons (Fsp3) is 0.522. The van der Waals surface area contributed by atoms with Crippen LogP contribution in [0.1, 0.15) is 85.0 Å². The van der Waals surface area contributed by atoms with E-state index >= 15 is 0 Å². The summed E-state index contributed by atoms with van der Waals surface area (Å²) in [6.45, 7) is 5.21. The molecule has 0 heterocycles. The van der Waals surface area contributed by atoms with Gasteiger partial charge in [0.2, 0.25) is 0 Å². The molecule has 8 nitrogen and oxygen atoms in total. The molecule has 3 aromatic carbocycles. The minimum atomic E-state index is -6.19. The van der Waals surface area contributed by atoms with Crippen molar-refractivity contribution in [3.63, 3.8) is 0 Å². The molecule has 3 aromatic rings. The second kappa shape index (κ2) is 18.0. The average molecular weight is 855 g/mol. The van der Waals surface area contributed by atoms with Crippen LogP contribution in [-0.2, 0) is 44.9 Å². The number of alkyl halides is 3. The van der Waals surface area contributed by atoms with Crippen molar-refractivity contribution >= 4 is 44.3 Å². The van der Waals surface area contributed by atoms with Crippen LogP contribution in [0.4, 0.5) is 13.2 Å². The summed E-state index contributed by atoms with van der Waals surface area (Å²) in [7, 11) is -6.20. The number of ketones is 3. The van der Waals surface area contributed by atoms with Gasteiger partial charge in [0.1, 0.15) is 17.3 Å². The summed E-state index contributed by atoms with van der Waals surface area (Å²) in [6.07, 6.45) is -0.491. The third-order valence-electron chi connectivity index (χ3n) is 14.0. The molecule has 59 heavy (non-hydrogen) atoms. The molecular formula is C46H53F3O8S2. The maximum Gasteiger partial charge on any atom is 0.364 e. The molecule has 0 bridgehead atoms. The Labute approximate surface area is 348 Å². The van der Waals surface area contributed by atoms with Crippen LogP contribution in [0.3, 0.4) is 0 Å². The zero-order chi connectivity index (χ0) is 42.8. The second-order valence-corrected chi connectivity index (χ2v) is 20.7. The van der Waals surface area contributed by atoms with Gasteiger partial charge in [-0.3, -0.25) is 19.2 Å². The predicted molar refractivity (Wildman–Crippen MR) is 216 cm³/mol. The Morgan fingerprint density at radius 3 is 1.92 bits per heavy atom. The fourth-order valence-corrected chi connectivity index (χ4v) is 13.2. The lowest BCUT2D eigenvalue weighted by molar-refractivity contribution is -0.166. The molecule has 0 aromatic heterocycles. The molecule has 7 rings (SSSR count). The standard InChI is InChI=1S/C28H39F3O8S.C18H15S/c1-15(4-7-24(35)39-11-9-22(29)28(30,31)40(36,37)38)18-5-6-19-25-20(14-23(34)27(18,19)3)26(2)10-8-17(32)12-16(26)13-21(25)33;1-4-10-16(11-5-1)19(17-12-6-2-7-13-17)18-14-8-3-9-15-18/h15-16,18-20,22,25H,4-14H2,1-3H3,(H,36,37,38);1-15H/q;+1/p-1/t15-,16+,18-,19+,20+,22?,25+,26+,27-;/m1./s1. The first kappa shape index (κ1) is 44.7. The summed E-state index contributed by atoms with van der Waals surface area (Å²) in [5.74, 6) is -0.861. The number of rotatable bonds is 12. The van der Waals surface area contributed by atoms with Crippen LogP contribution in [-0.4, -0.2) is 54.3 Å². The lowest BCUT2D eigenvalue weighted by atomic mass is 9.44. The van der Waals surface area contributed by atoms with E-state index in [1.807, 2.05) is 13.8 Å². The molecule has 0 saturated heterocycles. The Kier molecular flexibility index (Phi) is 13.7. The summed E-state index contributed by atoms with van der Waals surface area (Å²) < 4.78 is 76.4. The number of carbonyl (C=O) groups excluding carboxylic acids is 4. The number of fused-ring (bicyclic) bond motifs is 5. The second-order valence-electron chi connectivity index (χ2n) is 17.2. The molecule has 0 N–H and O–H groups in total. The summed E-state index contributed by atoms with van der Waals surface area (Å²) in [6, 6.07) is 32.2. The van der Waals surface area contributed by atoms with E-state index in [2.05, 4.69) is 97.9 Å². The van der Waals surface area contributed by atoms with Gasteiger partial charge in [0.15, 0.2) is 31.0 Å². The molecule has 4 saturated carbocycles. The molecule has 0 amide bonds. The van der Waals surface area contributed by atoms with Crippen LogP contribution in [0.5, 0.6) is 0 Å². The first-order chi connectivity index (χ1) is 27.9. The highest BCUT2D eigenvalue weighted by Gasteiger charge is 2.66. The van der Waals surface area contributed by atoms with E-state index in [0.717, 1.165) is 12.8 Å². The molecule has 13 heteroatoms. The zero-order valence-electron chi connectivity index (χ0n) is 33.7. The van der Waals surface area contributed by atoms with Crippen LogP contribution in [0, 0.1) is 46.3 Å². The van der Waals surface area contributed by atoms with Gasteiger partial charge in [-0.05, 0) is 97.1 Å². The van der Waals surface area contributed by atoms with E-state index in [0.29, 0.717) is 38.5 Å². The highest BCUT2D eigenvalue weighted by molar-refractivity contribution is 7.97. The average Bonchev–Trinajstić information content (AvgIpc) is 3.57. The maximum absolute atomic E-state index is 13.8. The normalized spacial score (nSPS) is 29.0. The van der Waals surface area contributed by atoms with Crippen molar-refractivity contribution in [1.29, 1.82) is 0 Å². The first-order valence-corrected chi connectivity index (χ1v) is 23.1. The van der Waals surface area contributed by atoms with Gasteiger partial charge in [0.25, 0.3) is 0 Å². The molecule has 0 spiro atoms. The number of Topliss-reactive ketones (excluding diaryl/α,β-unsaturated/α-hetero) is 3. The van der Waals surface area contributed by atoms with Gasteiger partial charge in [-0.1, -0.05) is 75.4 Å². The van der Waals surface area contributed by atoms with Gasteiger partial charge >= 0.3 is 11.2 Å². The van der Waals surface area contributed by atoms with Crippen molar-refractivity contribution in [2.45, 2.75) is 111 Å². The van der Waals surface area contributed by atoms with Crippen molar-refractivity contribution in [3.05, 3.63) is 91.0 Å². The Hall–Kier alpha value is -3.81. The molecule has 9 atom stereocenters. The monoisotopic (exact) mass is 854 g/mol.